The Morgan fingerprint density at radius 2 is 1.83 bits per heavy atom. The summed E-state index contributed by atoms with van der Waals surface area (Å²) in [5.41, 5.74) is 4.91. The van der Waals surface area contributed by atoms with Gasteiger partial charge in [-0.2, -0.15) is 5.26 Å². The third kappa shape index (κ3) is 5.46. The fourth-order valence-electron chi connectivity index (χ4n) is 8.73. The van der Waals surface area contributed by atoms with Gasteiger partial charge in [0.15, 0.2) is 28.1 Å². The maximum atomic E-state index is 13.8. The average molecular weight is 727 g/mol. The summed E-state index contributed by atoms with van der Waals surface area (Å²) in [6, 6.07) is 10.4. The molecule has 13 nitrogen and oxygen atoms in total. The second-order valence-corrected chi connectivity index (χ2v) is 14.3. The van der Waals surface area contributed by atoms with Crippen LogP contribution in [0.3, 0.4) is 0 Å². The van der Waals surface area contributed by atoms with Crippen LogP contribution in [0.2, 0.25) is 0 Å². The van der Waals surface area contributed by atoms with Gasteiger partial charge >= 0.3 is 0 Å². The molecule has 6 atom stereocenters. The molecule has 0 aliphatic carbocycles. The molecular weight excluding hydrogens is 685 g/mol. The molecule has 4 aliphatic heterocycles. The number of methoxy groups -OCH3 is 1. The summed E-state index contributed by atoms with van der Waals surface area (Å²) in [6.45, 7) is 6.74. The number of benzene rings is 3. The number of hydrogen-bond donors (Lipinski definition) is 4. The molecule has 272 valence electrons. The van der Waals surface area contributed by atoms with Crippen molar-refractivity contribution in [2.24, 2.45) is 0 Å². The normalized spacial score (nSPS) is 23.3. The Labute approximate surface area is 307 Å². The Kier molecular flexibility index (Phi) is 9.14. The van der Waals surface area contributed by atoms with Crippen molar-refractivity contribution in [1.29, 1.82) is 5.26 Å². The predicted molar refractivity (Wildman–Crippen MR) is 196 cm³/mol. The van der Waals surface area contributed by atoms with Crippen LogP contribution < -0.4 is 29.7 Å². The molecule has 3 aromatic rings. The first-order valence-electron chi connectivity index (χ1n) is 17.3. The number of amides is 2. The molecule has 4 N–H and O–H groups in total. The predicted octanol–water partition coefficient (Wildman–Crippen LogP) is 3.66. The number of thiocarbonyl (C=S) groups is 1. The van der Waals surface area contributed by atoms with E-state index < -0.39 is 30.1 Å². The van der Waals surface area contributed by atoms with Crippen LogP contribution in [0.4, 0.5) is 5.69 Å². The maximum Gasteiger partial charge on any atom is 0.242 e. The first-order valence-corrected chi connectivity index (χ1v) is 17.7. The zero-order chi connectivity index (χ0) is 37.2. The topological polar surface area (TPSA) is 160 Å². The first kappa shape index (κ1) is 35.3. The van der Waals surface area contributed by atoms with E-state index in [1.165, 1.54) is 18.9 Å². The van der Waals surface area contributed by atoms with E-state index in [4.69, 9.17) is 26.4 Å². The van der Waals surface area contributed by atoms with Gasteiger partial charge in [-0.3, -0.25) is 24.3 Å². The fourth-order valence-corrected chi connectivity index (χ4v) is 9.14. The largest absolute Gasteiger partial charge is 0.507 e. The van der Waals surface area contributed by atoms with Gasteiger partial charge < -0.3 is 35.1 Å². The van der Waals surface area contributed by atoms with Gasteiger partial charge in [0, 0.05) is 47.8 Å². The molecule has 0 saturated carbocycles. The van der Waals surface area contributed by atoms with Crippen LogP contribution in [-0.4, -0.2) is 88.6 Å². The van der Waals surface area contributed by atoms with E-state index in [1.54, 1.807) is 38.1 Å². The number of fused-ring (bicyclic) bond motifs is 9. The molecule has 0 aromatic heterocycles. The number of para-hydroxylation sites is 1. The number of nitrogens with zero attached hydrogens (tertiary/aromatic N) is 4. The van der Waals surface area contributed by atoms with Gasteiger partial charge in [-0.1, -0.05) is 24.3 Å². The quantitative estimate of drug-likeness (QED) is 0.274. The maximum absolute atomic E-state index is 13.8. The van der Waals surface area contributed by atoms with Gasteiger partial charge in [-0.15, -0.1) is 0 Å². The molecule has 52 heavy (non-hydrogen) atoms. The van der Waals surface area contributed by atoms with Crippen LogP contribution >= 0.6 is 12.2 Å². The van der Waals surface area contributed by atoms with Crippen LogP contribution in [0.15, 0.2) is 36.4 Å². The van der Waals surface area contributed by atoms with E-state index in [-0.39, 0.29) is 47.9 Å². The van der Waals surface area contributed by atoms with Crippen molar-refractivity contribution in [3.8, 4) is 34.8 Å². The number of likely N-dealkylation sites (N-methyl/N-ethyl adjacent to an activating group) is 1. The summed E-state index contributed by atoms with van der Waals surface area (Å²) in [4.78, 5) is 32.0. The van der Waals surface area contributed by atoms with Crippen molar-refractivity contribution in [1.82, 2.24) is 20.4 Å². The Morgan fingerprint density at radius 1 is 1.12 bits per heavy atom. The van der Waals surface area contributed by atoms with Crippen LogP contribution in [0.5, 0.6) is 28.7 Å². The number of hydrogen-bond acceptors (Lipinski definition) is 11. The zero-order valence-electron chi connectivity index (χ0n) is 29.9. The van der Waals surface area contributed by atoms with E-state index >= 15 is 0 Å². The molecule has 3 aromatic carbocycles. The number of aryl methyl sites for hydroxylation is 1. The van der Waals surface area contributed by atoms with Crippen LogP contribution in [0.25, 0.3) is 0 Å². The summed E-state index contributed by atoms with van der Waals surface area (Å²) in [6.07, 6.45) is 0.849. The molecule has 7 rings (SSSR count). The molecule has 0 radical (unpaired) electrons. The van der Waals surface area contributed by atoms with Crippen molar-refractivity contribution in [2.45, 2.75) is 76.8 Å². The lowest BCUT2D eigenvalue weighted by Gasteiger charge is -2.60. The van der Waals surface area contributed by atoms with E-state index in [2.05, 4.69) is 26.5 Å². The van der Waals surface area contributed by atoms with E-state index in [0.717, 1.165) is 16.7 Å². The number of carbonyl (C=O) groups excluding carboxylic acids is 2. The minimum Gasteiger partial charge on any atom is -0.507 e. The van der Waals surface area contributed by atoms with Crippen molar-refractivity contribution >= 4 is 34.8 Å². The highest BCUT2D eigenvalue weighted by Gasteiger charge is 2.56. The molecule has 1 unspecified atom stereocenters. The van der Waals surface area contributed by atoms with Gasteiger partial charge in [0.2, 0.25) is 18.6 Å². The minimum atomic E-state index is -0.841. The van der Waals surface area contributed by atoms with Crippen molar-refractivity contribution in [3.63, 3.8) is 0 Å². The Morgan fingerprint density at radius 3 is 2.50 bits per heavy atom. The number of phenols is 2. The summed E-state index contributed by atoms with van der Waals surface area (Å²) in [5, 5.41) is 40.4. The second kappa shape index (κ2) is 13.5. The number of carbonyl (C=O) groups is 2. The molecule has 1 fully saturated rings. The minimum absolute atomic E-state index is 0.0307. The summed E-state index contributed by atoms with van der Waals surface area (Å²) >= 11 is 5.58. The van der Waals surface area contributed by atoms with Crippen molar-refractivity contribution < 1.29 is 34.0 Å². The van der Waals surface area contributed by atoms with Gasteiger partial charge in [-0.25, -0.2) is 0 Å². The van der Waals surface area contributed by atoms with Crippen molar-refractivity contribution in [2.75, 3.05) is 32.4 Å². The summed E-state index contributed by atoms with van der Waals surface area (Å²) < 4.78 is 17.5. The number of anilines is 1. The van der Waals surface area contributed by atoms with Crippen molar-refractivity contribution in [3.05, 3.63) is 69.8 Å². The number of nitriles is 1. The molecule has 4 aliphatic rings. The lowest BCUT2D eigenvalue weighted by Crippen LogP contribution is -2.69. The van der Waals surface area contributed by atoms with Crippen LogP contribution in [0.1, 0.15) is 59.3 Å². The molecular formula is C38H42N6O7S. The standard InChI is InChI=1S/C38H42N6O7S/c1-18-12-22-13-25-27(15-39)44-26(31(42(25)5)29(22)33(47)34(18)49-6)14-24-30(36-35(50-17-51-36)19(2)32(24)46)28(44)16-40-37(48)20(3)41-38(52)43(21(4)45)23-10-8-7-9-11-23/h7-12,20,25-28,31,46-47H,13-14,16-17H2,1-6H3,(H,40,48)(H,41,52)/t20-,25-,26?,27-,28-,31+/m0/s1. The molecule has 2 amide bonds. The monoisotopic (exact) mass is 726 g/mol. The SMILES string of the molecule is COc1c(C)cc2c(c1O)[C@H]1C3Cc4c(O)c(C)c5c(c4[C@H](CNC(=O)[C@H](C)NC(=S)N(C(C)=O)c4ccccc4)N3[C@@H](C#N)[C@H](C2)N1C)OCO5. The second-order valence-electron chi connectivity index (χ2n) is 13.9. The number of ether oxygens (including phenoxy) is 3. The number of nitrogens with one attached hydrogen (secondary N) is 2. The third-order valence-electron chi connectivity index (χ3n) is 11.0. The molecule has 14 heteroatoms. The van der Waals surface area contributed by atoms with Crippen LogP contribution in [0, 0.1) is 25.2 Å². The summed E-state index contributed by atoms with van der Waals surface area (Å²) in [7, 11) is 3.50. The number of rotatable bonds is 6. The highest BCUT2D eigenvalue weighted by atomic mass is 32.1. The van der Waals surface area contributed by atoms with Crippen LogP contribution in [-0.2, 0) is 22.4 Å². The summed E-state index contributed by atoms with van der Waals surface area (Å²) in [5.74, 6) is 0.752. The fraction of sp³-hybridized carbons (Fsp3) is 0.421. The number of piperazine rings is 1. The third-order valence-corrected chi connectivity index (χ3v) is 11.3. The Hall–Kier alpha value is -5.10. The Balaban J connectivity index is 1.26. The highest BCUT2D eigenvalue weighted by Crippen LogP contribution is 2.58. The molecule has 0 spiro atoms. The van der Waals surface area contributed by atoms with Gasteiger partial charge in [0.1, 0.15) is 17.8 Å². The van der Waals surface area contributed by atoms with E-state index in [0.29, 0.717) is 52.5 Å². The highest BCUT2D eigenvalue weighted by molar-refractivity contribution is 7.80. The van der Waals surface area contributed by atoms with Gasteiger partial charge in [0.25, 0.3) is 0 Å². The zero-order valence-corrected chi connectivity index (χ0v) is 30.7. The molecule has 4 heterocycles. The lowest BCUT2D eigenvalue weighted by molar-refractivity contribution is -0.123. The first-order chi connectivity index (χ1) is 24.9. The molecule has 2 bridgehead atoms. The van der Waals surface area contributed by atoms with Gasteiger partial charge in [-0.05, 0) is 76.1 Å². The van der Waals surface area contributed by atoms with E-state index in [1.807, 2.05) is 26.1 Å². The Bertz CT molecular complexity index is 2020. The number of aromatic hydroxyl groups is 2. The smallest absolute Gasteiger partial charge is 0.242 e. The lowest BCUT2D eigenvalue weighted by atomic mass is 9.71. The van der Waals surface area contributed by atoms with Gasteiger partial charge in [0.05, 0.1) is 31.0 Å². The van der Waals surface area contributed by atoms with E-state index in [9.17, 15) is 25.1 Å². The molecule has 1 saturated heterocycles. The average Bonchev–Trinajstić information content (AvgIpc) is 3.60. The number of phenolic OH excluding ortho intramolecular Hbond substituents is 2.